The van der Waals surface area contributed by atoms with Crippen LogP contribution < -0.4 is 10.9 Å². The molecule has 9 heteroatoms. The third-order valence-corrected chi connectivity index (χ3v) is 7.68. The van der Waals surface area contributed by atoms with Crippen molar-refractivity contribution in [3.8, 4) is 11.8 Å². The van der Waals surface area contributed by atoms with Crippen molar-refractivity contribution in [1.82, 2.24) is 29.0 Å². The first kappa shape index (κ1) is 26.5. The monoisotopic (exact) mass is 547 g/mol. The molecule has 0 saturated carbocycles. The average molecular weight is 548 g/mol. The number of benzene rings is 1. The van der Waals surface area contributed by atoms with Crippen molar-refractivity contribution in [2.45, 2.75) is 32.7 Å². The molecule has 4 aromatic heterocycles. The first-order valence-electron chi connectivity index (χ1n) is 13.9. The van der Waals surface area contributed by atoms with E-state index < -0.39 is 0 Å². The zero-order chi connectivity index (χ0) is 28.3. The minimum atomic E-state index is -0.252. The highest BCUT2D eigenvalue weighted by atomic mass is 16.3. The minimum absolute atomic E-state index is 0.230. The van der Waals surface area contributed by atoms with Gasteiger partial charge in [0, 0.05) is 43.3 Å². The Labute approximate surface area is 238 Å². The summed E-state index contributed by atoms with van der Waals surface area (Å²) in [6, 6.07) is 12.1. The van der Waals surface area contributed by atoms with E-state index in [0.29, 0.717) is 40.0 Å². The Balaban J connectivity index is 1.30. The van der Waals surface area contributed by atoms with Crippen molar-refractivity contribution in [3.63, 3.8) is 0 Å². The number of imidazole rings is 1. The molecule has 1 atom stereocenters. The molecule has 1 aliphatic heterocycles. The van der Waals surface area contributed by atoms with Crippen LogP contribution in [0.3, 0.4) is 0 Å². The van der Waals surface area contributed by atoms with Gasteiger partial charge in [-0.3, -0.25) is 9.36 Å². The fraction of sp³-hybridized carbons (Fsp3) is 0.312. The molecule has 1 aliphatic rings. The van der Waals surface area contributed by atoms with Crippen molar-refractivity contribution in [2.75, 3.05) is 25.5 Å². The van der Waals surface area contributed by atoms with Gasteiger partial charge in [0.15, 0.2) is 5.82 Å². The van der Waals surface area contributed by atoms with Crippen molar-refractivity contribution in [2.24, 2.45) is 13.0 Å². The molecule has 9 nitrogen and oxygen atoms in total. The topological polar surface area (TPSA) is 94.0 Å². The first-order valence-corrected chi connectivity index (χ1v) is 13.9. The number of nitrogens with one attached hydrogen (secondary N) is 1. The number of piperidine rings is 1. The molecule has 1 saturated heterocycles. The third kappa shape index (κ3) is 5.93. The Hall–Kier alpha value is -4.68. The molecule has 1 unspecified atom stereocenters. The number of pyridine rings is 1. The molecular weight excluding hydrogens is 514 g/mol. The van der Waals surface area contributed by atoms with Crippen LogP contribution in [-0.4, -0.2) is 49.1 Å². The largest absolute Gasteiger partial charge is 0.467 e. The van der Waals surface area contributed by atoms with Crippen LogP contribution in [0.2, 0.25) is 0 Å². The predicted octanol–water partition coefficient (Wildman–Crippen LogP) is 4.50. The van der Waals surface area contributed by atoms with Crippen molar-refractivity contribution in [3.05, 3.63) is 99.9 Å². The van der Waals surface area contributed by atoms with Gasteiger partial charge >= 0.3 is 0 Å². The molecule has 5 heterocycles. The number of anilines is 2. The molecule has 1 N–H and O–H groups in total. The van der Waals surface area contributed by atoms with Gasteiger partial charge in [0.2, 0.25) is 5.95 Å². The Morgan fingerprint density at radius 1 is 1.12 bits per heavy atom. The number of hydrogen-bond donors (Lipinski definition) is 1. The van der Waals surface area contributed by atoms with Gasteiger partial charge in [0.25, 0.3) is 5.56 Å². The number of nitrogens with zero attached hydrogens (tertiary/aromatic N) is 6. The van der Waals surface area contributed by atoms with E-state index >= 15 is 0 Å². The van der Waals surface area contributed by atoms with Gasteiger partial charge in [-0.25, -0.2) is 9.97 Å². The van der Waals surface area contributed by atoms with Crippen LogP contribution in [0.4, 0.5) is 11.6 Å². The highest BCUT2D eigenvalue weighted by molar-refractivity contribution is 5.77. The molecule has 0 amide bonds. The Kier molecular flexibility index (Phi) is 7.40. The smallest absolute Gasteiger partial charge is 0.268 e. The maximum absolute atomic E-state index is 13.7. The summed E-state index contributed by atoms with van der Waals surface area (Å²) >= 11 is 0. The summed E-state index contributed by atoms with van der Waals surface area (Å²) in [6.45, 7) is 4.53. The van der Waals surface area contributed by atoms with Crippen molar-refractivity contribution < 1.29 is 4.42 Å². The fourth-order valence-corrected chi connectivity index (χ4v) is 5.40. The van der Waals surface area contributed by atoms with Crippen LogP contribution in [0, 0.1) is 24.7 Å². The average Bonchev–Trinajstić information content (AvgIpc) is 3.57. The maximum atomic E-state index is 13.7. The van der Waals surface area contributed by atoms with Crippen LogP contribution in [0.5, 0.6) is 0 Å². The molecule has 208 valence electrons. The number of furan rings is 1. The molecule has 5 aromatic rings. The van der Waals surface area contributed by atoms with E-state index in [1.165, 1.54) is 24.9 Å². The lowest BCUT2D eigenvalue weighted by Crippen LogP contribution is -2.32. The molecule has 41 heavy (non-hydrogen) atoms. The van der Waals surface area contributed by atoms with Crippen LogP contribution >= 0.6 is 0 Å². The SMILES string of the molecule is Cc1ccoc1Cn1c(=O)c(C#Cc2nccn2C)cc2cnc(Nc3ccc(CC4CCCN(C)C4)cc3)nc21. The summed E-state index contributed by atoms with van der Waals surface area (Å²) in [5.41, 5.74) is 3.77. The van der Waals surface area contributed by atoms with Crippen LogP contribution in [0.1, 0.15) is 41.1 Å². The molecule has 6 rings (SSSR count). The van der Waals surface area contributed by atoms with E-state index in [0.717, 1.165) is 24.2 Å². The van der Waals surface area contributed by atoms with Crippen molar-refractivity contribution >= 4 is 22.7 Å². The number of hydrogen-bond acceptors (Lipinski definition) is 7. The van der Waals surface area contributed by atoms with E-state index in [1.807, 2.05) is 26.2 Å². The second-order valence-corrected chi connectivity index (χ2v) is 10.9. The lowest BCUT2D eigenvalue weighted by molar-refractivity contribution is 0.209. The second-order valence-electron chi connectivity index (χ2n) is 10.9. The van der Waals surface area contributed by atoms with Gasteiger partial charge in [-0.2, -0.15) is 4.98 Å². The first-order chi connectivity index (χ1) is 19.9. The molecule has 0 radical (unpaired) electrons. The molecule has 0 bridgehead atoms. The standard InChI is InChI=1S/C32H33N7O2/c1-22-12-16-41-28(22)21-39-30-26(18-25(31(39)40)8-11-29-33-13-15-38(29)3)19-34-32(36-30)35-27-9-6-23(7-10-27)17-24-5-4-14-37(2)20-24/h6-7,9-10,12-13,15-16,18-19,24H,4-5,14,17,20-21H2,1-3H3,(H,34,35,36). The quantitative estimate of drug-likeness (QED) is 0.313. The number of rotatable bonds is 6. The molecule has 1 aromatic carbocycles. The van der Waals surface area contributed by atoms with Crippen LogP contribution in [-0.2, 0) is 20.0 Å². The van der Waals surface area contributed by atoms with Gasteiger partial charge in [-0.1, -0.05) is 18.1 Å². The summed E-state index contributed by atoms with van der Waals surface area (Å²) in [6.07, 6.45) is 10.5. The highest BCUT2D eigenvalue weighted by Gasteiger charge is 2.18. The number of aromatic nitrogens is 5. The van der Waals surface area contributed by atoms with E-state index in [4.69, 9.17) is 9.40 Å². The van der Waals surface area contributed by atoms with E-state index in [9.17, 15) is 4.79 Å². The molecule has 1 fully saturated rings. The number of likely N-dealkylation sites (tertiary alicyclic amines) is 1. The van der Waals surface area contributed by atoms with Crippen molar-refractivity contribution in [1.29, 1.82) is 0 Å². The van der Waals surface area contributed by atoms with E-state index in [1.54, 1.807) is 33.9 Å². The second kappa shape index (κ2) is 11.4. The van der Waals surface area contributed by atoms with Gasteiger partial charge in [0.05, 0.1) is 18.4 Å². The van der Waals surface area contributed by atoms with E-state index in [2.05, 4.69) is 63.3 Å². The van der Waals surface area contributed by atoms with Gasteiger partial charge < -0.3 is 19.2 Å². The Bertz CT molecular complexity index is 1800. The molecule has 0 aliphatic carbocycles. The Morgan fingerprint density at radius 3 is 2.71 bits per heavy atom. The minimum Gasteiger partial charge on any atom is -0.467 e. The lowest BCUT2D eigenvalue weighted by Gasteiger charge is -2.29. The third-order valence-electron chi connectivity index (χ3n) is 7.68. The number of fused-ring (bicyclic) bond motifs is 1. The van der Waals surface area contributed by atoms with Gasteiger partial charge in [0.1, 0.15) is 11.4 Å². The predicted molar refractivity (Wildman–Crippen MR) is 159 cm³/mol. The summed E-state index contributed by atoms with van der Waals surface area (Å²) in [7, 11) is 4.06. The van der Waals surface area contributed by atoms with Crippen LogP contribution in [0.15, 0.2) is 70.5 Å². The normalized spacial score (nSPS) is 15.5. The highest BCUT2D eigenvalue weighted by Crippen LogP contribution is 2.23. The van der Waals surface area contributed by atoms with Crippen LogP contribution in [0.25, 0.3) is 11.0 Å². The van der Waals surface area contributed by atoms with Gasteiger partial charge in [-0.05, 0) is 87.0 Å². The lowest BCUT2D eigenvalue weighted by atomic mass is 9.91. The molecule has 0 spiro atoms. The summed E-state index contributed by atoms with van der Waals surface area (Å²) < 4.78 is 9.08. The van der Waals surface area contributed by atoms with Gasteiger partial charge in [-0.15, -0.1) is 0 Å². The zero-order valence-electron chi connectivity index (χ0n) is 23.6. The Morgan fingerprint density at radius 2 is 1.98 bits per heavy atom. The fourth-order valence-electron chi connectivity index (χ4n) is 5.40. The molecular formula is C32H33N7O2. The van der Waals surface area contributed by atoms with E-state index in [-0.39, 0.29) is 12.1 Å². The summed E-state index contributed by atoms with van der Waals surface area (Å²) in [4.78, 5) is 29.6. The summed E-state index contributed by atoms with van der Waals surface area (Å²) in [5.74, 6) is 8.38. The number of aryl methyl sites for hydroxylation is 2. The summed E-state index contributed by atoms with van der Waals surface area (Å²) in [5, 5.41) is 4.01. The maximum Gasteiger partial charge on any atom is 0.268 e. The zero-order valence-corrected chi connectivity index (χ0v) is 23.6.